The second kappa shape index (κ2) is 14.2. The van der Waals surface area contributed by atoms with Crippen LogP contribution in [0, 0.1) is 18.6 Å². The smallest absolute Gasteiger partial charge is 0.225 e. The number of halogens is 2. The van der Waals surface area contributed by atoms with Crippen molar-refractivity contribution in [2.75, 3.05) is 17.3 Å². The number of carbonyl (C=O) groups excluding carboxylic acids is 1. The van der Waals surface area contributed by atoms with Gasteiger partial charge in [0.05, 0.1) is 5.69 Å². The molecule has 3 aromatic carbocycles. The van der Waals surface area contributed by atoms with Gasteiger partial charge in [-0.05, 0) is 89.4 Å². The van der Waals surface area contributed by atoms with Crippen LogP contribution in [0.3, 0.4) is 0 Å². The monoisotopic (exact) mass is 653 g/mol. The second-order valence-electron chi connectivity index (χ2n) is 13.8. The van der Waals surface area contributed by atoms with Crippen LogP contribution >= 0.6 is 0 Å². The van der Waals surface area contributed by atoms with Crippen molar-refractivity contribution >= 4 is 29.6 Å². The number of hydrogen-bond donors (Lipinski definition) is 4. The summed E-state index contributed by atoms with van der Waals surface area (Å²) in [6.07, 6.45) is 1.96. The van der Waals surface area contributed by atoms with E-state index in [1.807, 2.05) is 55.5 Å². The number of hydrogen-bond acceptors (Lipinski definition) is 7. The fourth-order valence-electron chi connectivity index (χ4n) is 6.80. The van der Waals surface area contributed by atoms with Crippen LogP contribution in [0.2, 0.25) is 0 Å². The number of aryl methyl sites for hydroxylation is 1. The minimum atomic E-state index is -0.881. The fraction of sp³-hybridized carbons (Fsp3) is 0.342. The van der Waals surface area contributed by atoms with Crippen molar-refractivity contribution in [2.24, 2.45) is 0 Å². The minimum Gasteiger partial charge on any atom is -0.381 e. The zero-order chi connectivity index (χ0) is 34.6. The van der Waals surface area contributed by atoms with Gasteiger partial charge in [-0.15, -0.1) is 0 Å². The summed E-state index contributed by atoms with van der Waals surface area (Å²) in [6, 6.07) is 19.5. The van der Waals surface area contributed by atoms with Gasteiger partial charge in [-0.1, -0.05) is 55.1 Å². The van der Waals surface area contributed by atoms with Crippen LogP contribution < -0.4 is 26.2 Å². The first-order valence-electron chi connectivity index (χ1n) is 16.2. The number of anilines is 3. The van der Waals surface area contributed by atoms with E-state index in [1.165, 1.54) is 6.07 Å². The molecule has 2 heterocycles. The third-order valence-electron chi connectivity index (χ3n) is 8.56. The van der Waals surface area contributed by atoms with E-state index >= 15 is 8.78 Å². The molecule has 1 aliphatic rings. The molecule has 1 amide bonds. The molecular formula is C38H45F2N7O. The molecule has 0 atom stereocenters. The molecule has 8 nitrogen and oxygen atoms in total. The Kier molecular flexibility index (Phi) is 10.3. The van der Waals surface area contributed by atoms with E-state index < -0.39 is 17.3 Å². The van der Waals surface area contributed by atoms with Crippen LogP contribution in [-0.4, -0.2) is 40.5 Å². The predicted octanol–water partition coefficient (Wildman–Crippen LogP) is 7.23. The highest BCUT2D eigenvalue weighted by Crippen LogP contribution is 2.38. The molecule has 1 aromatic heterocycles. The summed E-state index contributed by atoms with van der Waals surface area (Å²) in [4.78, 5) is 23.5. The molecule has 4 N–H and O–H groups in total. The highest BCUT2D eigenvalue weighted by molar-refractivity contribution is 5.89. The number of nitrogens with one attached hydrogen (secondary N) is 4. The average molecular weight is 654 g/mol. The number of rotatable bonds is 12. The van der Waals surface area contributed by atoms with E-state index in [-0.39, 0.29) is 35.4 Å². The molecular weight excluding hydrogens is 608 g/mol. The molecule has 4 aromatic rings. The van der Waals surface area contributed by atoms with E-state index in [4.69, 9.17) is 9.97 Å². The summed E-state index contributed by atoms with van der Waals surface area (Å²) >= 11 is 0. The Labute approximate surface area is 282 Å². The predicted molar refractivity (Wildman–Crippen MR) is 190 cm³/mol. The molecule has 252 valence electrons. The van der Waals surface area contributed by atoms with Gasteiger partial charge in [-0.3, -0.25) is 9.69 Å². The van der Waals surface area contributed by atoms with Gasteiger partial charge in [0.25, 0.3) is 0 Å². The lowest BCUT2D eigenvalue weighted by Crippen LogP contribution is -2.60. The quantitative estimate of drug-likeness (QED) is 0.120. The summed E-state index contributed by atoms with van der Waals surface area (Å²) < 4.78 is 30.4. The summed E-state index contributed by atoms with van der Waals surface area (Å²) in [5.74, 6) is -1.43. The van der Waals surface area contributed by atoms with Gasteiger partial charge in [0.2, 0.25) is 12.4 Å². The minimum absolute atomic E-state index is 0.0172. The molecule has 0 unspecified atom stereocenters. The maximum Gasteiger partial charge on any atom is 0.225 e. The van der Waals surface area contributed by atoms with Crippen molar-refractivity contribution in [1.29, 1.82) is 0 Å². The average Bonchev–Trinajstić information content (AvgIpc) is 3.02. The van der Waals surface area contributed by atoms with Crippen LogP contribution in [-0.2, 0) is 17.9 Å². The first-order valence-corrected chi connectivity index (χ1v) is 16.2. The standard InChI is InChI=1S/C38H45F2N7O/c1-24-16-17-27(25(2)42-21-26-12-9-8-10-13-26)18-29(24)33-30(22-41-7)35(47(23-48)34-31(39)14-11-15-32(34)40)45-36(44-33)43-28-19-37(3,4)46-38(5,6)20-28/h8-18,23,28,41-42,46H,2,19-22H2,1,3-7H3,(H,43,44,45). The number of benzene rings is 3. The van der Waals surface area contributed by atoms with Gasteiger partial charge in [-0.2, -0.15) is 4.98 Å². The van der Waals surface area contributed by atoms with Crippen molar-refractivity contribution in [3.05, 3.63) is 107 Å². The number of nitrogens with zero attached hydrogens (tertiary/aromatic N) is 3. The molecule has 0 radical (unpaired) electrons. The third-order valence-corrected chi connectivity index (χ3v) is 8.56. The largest absolute Gasteiger partial charge is 0.381 e. The van der Waals surface area contributed by atoms with E-state index in [0.29, 0.717) is 24.2 Å². The Morgan fingerprint density at radius 2 is 1.65 bits per heavy atom. The van der Waals surface area contributed by atoms with Crippen LogP contribution in [0.1, 0.15) is 62.8 Å². The van der Waals surface area contributed by atoms with Crippen LogP contribution in [0.25, 0.3) is 17.0 Å². The van der Waals surface area contributed by atoms with Gasteiger partial charge >= 0.3 is 0 Å². The molecule has 10 heteroatoms. The number of aromatic nitrogens is 2. The highest BCUT2D eigenvalue weighted by Gasteiger charge is 2.38. The van der Waals surface area contributed by atoms with E-state index in [1.54, 1.807) is 7.05 Å². The van der Waals surface area contributed by atoms with E-state index in [2.05, 4.69) is 55.5 Å². The van der Waals surface area contributed by atoms with Crippen LogP contribution in [0.4, 0.5) is 26.2 Å². The Morgan fingerprint density at radius 1 is 0.979 bits per heavy atom. The van der Waals surface area contributed by atoms with Crippen molar-refractivity contribution in [3.8, 4) is 11.3 Å². The third kappa shape index (κ3) is 7.89. The molecule has 1 saturated heterocycles. The van der Waals surface area contributed by atoms with Gasteiger partial charge in [0, 0.05) is 47.0 Å². The lowest BCUT2D eigenvalue weighted by atomic mass is 9.80. The van der Waals surface area contributed by atoms with E-state index in [0.717, 1.165) is 57.8 Å². The van der Waals surface area contributed by atoms with E-state index in [9.17, 15) is 4.79 Å². The zero-order valence-electron chi connectivity index (χ0n) is 28.5. The fourth-order valence-corrected chi connectivity index (χ4v) is 6.80. The van der Waals surface area contributed by atoms with Gasteiger partial charge in [-0.25, -0.2) is 13.8 Å². The van der Waals surface area contributed by atoms with Crippen molar-refractivity contribution in [3.63, 3.8) is 0 Å². The van der Waals surface area contributed by atoms with Crippen LogP contribution in [0.5, 0.6) is 0 Å². The number of piperidine rings is 1. The summed E-state index contributed by atoms with van der Waals surface area (Å²) in [6.45, 7) is 15.7. The first-order chi connectivity index (χ1) is 22.8. The van der Waals surface area contributed by atoms with Crippen molar-refractivity contribution < 1.29 is 13.6 Å². The molecule has 0 saturated carbocycles. The molecule has 1 fully saturated rings. The zero-order valence-corrected chi connectivity index (χ0v) is 28.5. The summed E-state index contributed by atoms with van der Waals surface area (Å²) in [5, 5.41) is 13.8. The molecule has 0 aliphatic carbocycles. The summed E-state index contributed by atoms with van der Waals surface area (Å²) in [5.41, 5.74) is 4.59. The Morgan fingerprint density at radius 3 is 2.27 bits per heavy atom. The normalized spacial score (nSPS) is 15.5. The Bertz CT molecular complexity index is 1760. The maximum absolute atomic E-state index is 15.2. The lowest BCUT2D eigenvalue weighted by Gasteiger charge is -2.46. The molecule has 1 aliphatic heterocycles. The number of amides is 1. The topological polar surface area (TPSA) is 94.2 Å². The Balaban J connectivity index is 1.65. The molecule has 0 spiro atoms. The molecule has 5 rings (SSSR count). The maximum atomic E-state index is 15.2. The van der Waals surface area contributed by atoms with Crippen molar-refractivity contribution in [2.45, 2.75) is 77.7 Å². The summed E-state index contributed by atoms with van der Waals surface area (Å²) in [7, 11) is 1.76. The first kappa shape index (κ1) is 34.7. The molecule has 0 bridgehead atoms. The molecule has 48 heavy (non-hydrogen) atoms. The number of carbonyl (C=O) groups is 1. The highest BCUT2D eigenvalue weighted by atomic mass is 19.1. The van der Waals surface area contributed by atoms with Gasteiger partial charge in [0.15, 0.2) is 5.82 Å². The SMILES string of the molecule is C=C(NCc1ccccc1)c1ccc(C)c(-c2nc(NC3CC(C)(C)NC(C)(C)C3)nc(N(C=O)c3c(F)cccc3F)c2CNC)c1. The Hall–Kier alpha value is -4.67. The number of para-hydroxylation sites is 1. The second-order valence-corrected chi connectivity index (χ2v) is 13.8. The lowest BCUT2D eigenvalue weighted by molar-refractivity contribution is -0.106. The van der Waals surface area contributed by atoms with Crippen LogP contribution in [0.15, 0.2) is 73.3 Å². The van der Waals surface area contributed by atoms with Gasteiger partial charge < -0.3 is 21.3 Å². The van der Waals surface area contributed by atoms with Crippen molar-refractivity contribution in [1.82, 2.24) is 25.9 Å². The van der Waals surface area contributed by atoms with Gasteiger partial charge in [0.1, 0.15) is 17.3 Å².